The van der Waals surface area contributed by atoms with Gasteiger partial charge in [-0.25, -0.2) is 0 Å². The molecule has 0 bridgehead atoms. The van der Waals surface area contributed by atoms with Crippen LogP contribution in [0.15, 0.2) is 0 Å². The van der Waals surface area contributed by atoms with Gasteiger partial charge in [0.05, 0.1) is 0 Å². The van der Waals surface area contributed by atoms with Crippen molar-refractivity contribution in [1.29, 1.82) is 0 Å². The average Bonchev–Trinajstić information content (AvgIpc) is 2.50. The van der Waals surface area contributed by atoms with Gasteiger partial charge in [-0.2, -0.15) is 0 Å². The predicted molar refractivity (Wildman–Crippen MR) is 69.7 cm³/mol. The molecule has 0 unspecified atom stereocenters. The highest BCUT2D eigenvalue weighted by Crippen LogP contribution is 2.18. The molecule has 2 rings (SSSR count). The van der Waals surface area contributed by atoms with E-state index in [2.05, 4.69) is 17.1 Å². The second-order valence-corrected chi connectivity index (χ2v) is 5.68. The van der Waals surface area contributed by atoms with Crippen LogP contribution in [0.4, 0.5) is 0 Å². The van der Waals surface area contributed by atoms with E-state index in [1.165, 1.54) is 71.1 Å². The maximum Gasteiger partial charge on any atom is 0.0107 e. The summed E-state index contributed by atoms with van der Waals surface area (Å²) in [5.41, 5.74) is 0. The largest absolute Gasteiger partial charge is 0.313 e. The summed E-state index contributed by atoms with van der Waals surface area (Å²) in [6.07, 6.45) is 10.0. The molecule has 0 aromatic heterocycles. The summed E-state index contributed by atoms with van der Waals surface area (Å²) < 4.78 is 0. The Morgan fingerprint density at radius 1 is 1.06 bits per heavy atom. The quantitative estimate of drug-likeness (QED) is 0.722. The Bertz CT molecular complexity index is 179. The monoisotopic (exact) mass is 224 g/mol. The van der Waals surface area contributed by atoms with E-state index in [4.69, 9.17) is 0 Å². The zero-order valence-corrected chi connectivity index (χ0v) is 10.9. The molecular weight excluding hydrogens is 196 g/mol. The van der Waals surface area contributed by atoms with E-state index >= 15 is 0 Å². The van der Waals surface area contributed by atoms with E-state index in [-0.39, 0.29) is 0 Å². The van der Waals surface area contributed by atoms with Gasteiger partial charge < -0.3 is 10.2 Å². The van der Waals surface area contributed by atoms with Crippen LogP contribution < -0.4 is 5.32 Å². The fourth-order valence-corrected chi connectivity index (χ4v) is 3.03. The van der Waals surface area contributed by atoms with Crippen LogP contribution in [0.25, 0.3) is 0 Å². The van der Waals surface area contributed by atoms with Gasteiger partial charge in [-0.1, -0.05) is 39.0 Å². The highest BCUT2D eigenvalue weighted by molar-refractivity contribution is 4.79. The van der Waals surface area contributed by atoms with Crippen molar-refractivity contribution in [3.05, 3.63) is 0 Å². The van der Waals surface area contributed by atoms with Crippen molar-refractivity contribution in [1.82, 2.24) is 10.2 Å². The van der Waals surface area contributed by atoms with Crippen molar-refractivity contribution in [2.45, 2.75) is 57.9 Å². The first-order chi connectivity index (χ1) is 7.88. The van der Waals surface area contributed by atoms with Crippen molar-refractivity contribution in [2.24, 2.45) is 5.92 Å². The topological polar surface area (TPSA) is 15.3 Å². The number of rotatable bonds is 5. The minimum Gasteiger partial charge on any atom is -0.313 e. The molecule has 1 aliphatic heterocycles. The van der Waals surface area contributed by atoms with Crippen LogP contribution in [0.5, 0.6) is 0 Å². The van der Waals surface area contributed by atoms with E-state index in [0.29, 0.717) is 0 Å². The van der Waals surface area contributed by atoms with E-state index < -0.39 is 0 Å². The molecule has 16 heavy (non-hydrogen) atoms. The van der Waals surface area contributed by atoms with Crippen LogP contribution >= 0.6 is 0 Å². The molecule has 2 fully saturated rings. The zero-order chi connectivity index (χ0) is 11.2. The molecule has 1 saturated heterocycles. The van der Waals surface area contributed by atoms with Crippen LogP contribution in [0, 0.1) is 5.92 Å². The molecule has 0 radical (unpaired) electrons. The SMILES string of the molecule is CCC1CN(CCNC2CCCCCC2)C1. The minimum atomic E-state index is 0.825. The van der Waals surface area contributed by atoms with Crippen LogP contribution in [0.2, 0.25) is 0 Å². The maximum absolute atomic E-state index is 3.75. The molecule has 2 nitrogen and oxygen atoms in total. The van der Waals surface area contributed by atoms with Gasteiger partial charge in [0.2, 0.25) is 0 Å². The Morgan fingerprint density at radius 3 is 2.38 bits per heavy atom. The molecule has 94 valence electrons. The van der Waals surface area contributed by atoms with Gasteiger partial charge in [-0.15, -0.1) is 0 Å². The third-order valence-corrected chi connectivity index (χ3v) is 4.33. The smallest absolute Gasteiger partial charge is 0.0107 e. The summed E-state index contributed by atoms with van der Waals surface area (Å²) in [5, 5.41) is 3.75. The van der Waals surface area contributed by atoms with Crippen molar-refractivity contribution in [3.63, 3.8) is 0 Å². The van der Waals surface area contributed by atoms with Gasteiger partial charge in [-0.05, 0) is 18.8 Å². The Morgan fingerprint density at radius 2 is 1.75 bits per heavy atom. The second-order valence-electron chi connectivity index (χ2n) is 5.68. The molecule has 0 aromatic carbocycles. The standard InChI is InChI=1S/C14H28N2/c1-2-13-11-16(12-13)10-9-15-14-7-5-3-4-6-8-14/h13-15H,2-12H2,1H3. The molecule has 0 amide bonds. The van der Waals surface area contributed by atoms with Crippen LogP contribution in [0.1, 0.15) is 51.9 Å². The lowest BCUT2D eigenvalue weighted by atomic mass is 9.97. The first-order valence-corrected chi connectivity index (χ1v) is 7.34. The third-order valence-electron chi connectivity index (χ3n) is 4.33. The van der Waals surface area contributed by atoms with Crippen molar-refractivity contribution in [3.8, 4) is 0 Å². The summed E-state index contributed by atoms with van der Waals surface area (Å²) in [7, 11) is 0. The first kappa shape index (κ1) is 12.4. The van der Waals surface area contributed by atoms with E-state index in [1.54, 1.807) is 0 Å². The second kappa shape index (κ2) is 6.61. The molecule has 2 heteroatoms. The molecule has 1 saturated carbocycles. The number of nitrogens with zero attached hydrogens (tertiary/aromatic N) is 1. The summed E-state index contributed by atoms with van der Waals surface area (Å²) in [6.45, 7) is 7.49. The molecule has 1 heterocycles. The number of likely N-dealkylation sites (tertiary alicyclic amines) is 1. The lowest BCUT2D eigenvalue weighted by Crippen LogP contribution is -2.49. The van der Waals surface area contributed by atoms with Gasteiger partial charge in [0.1, 0.15) is 0 Å². The maximum atomic E-state index is 3.75. The van der Waals surface area contributed by atoms with Gasteiger partial charge in [-0.3, -0.25) is 0 Å². The predicted octanol–water partition coefficient (Wildman–Crippen LogP) is 2.64. The molecule has 0 aromatic rings. The zero-order valence-electron chi connectivity index (χ0n) is 10.9. The van der Waals surface area contributed by atoms with Gasteiger partial charge in [0.25, 0.3) is 0 Å². The van der Waals surface area contributed by atoms with E-state index in [9.17, 15) is 0 Å². The van der Waals surface area contributed by atoms with Gasteiger partial charge in [0.15, 0.2) is 0 Å². The number of nitrogens with one attached hydrogen (secondary N) is 1. The summed E-state index contributed by atoms with van der Waals surface area (Å²) in [4.78, 5) is 2.60. The molecule has 2 aliphatic rings. The summed E-state index contributed by atoms with van der Waals surface area (Å²) >= 11 is 0. The molecule has 1 N–H and O–H groups in total. The Hall–Kier alpha value is -0.0800. The number of hydrogen-bond acceptors (Lipinski definition) is 2. The van der Waals surface area contributed by atoms with Gasteiger partial charge in [0, 0.05) is 32.2 Å². The van der Waals surface area contributed by atoms with Crippen LogP contribution in [-0.4, -0.2) is 37.1 Å². The van der Waals surface area contributed by atoms with Crippen LogP contribution in [0.3, 0.4) is 0 Å². The van der Waals surface area contributed by atoms with Gasteiger partial charge >= 0.3 is 0 Å². The summed E-state index contributed by atoms with van der Waals surface area (Å²) in [6, 6.07) is 0.825. The van der Waals surface area contributed by atoms with Crippen molar-refractivity contribution < 1.29 is 0 Å². The lowest BCUT2D eigenvalue weighted by Gasteiger charge is -2.39. The fraction of sp³-hybridized carbons (Fsp3) is 1.00. The van der Waals surface area contributed by atoms with Crippen LogP contribution in [-0.2, 0) is 0 Å². The molecule has 1 aliphatic carbocycles. The lowest BCUT2D eigenvalue weighted by molar-refractivity contribution is 0.0977. The average molecular weight is 224 g/mol. The summed E-state index contributed by atoms with van der Waals surface area (Å²) in [5.74, 6) is 0.998. The molecular formula is C14H28N2. The third kappa shape index (κ3) is 3.74. The number of hydrogen-bond donors (Lipinski definition) is 1. The van der Waals surface area contributed by atoms with E-state index in [0.717, 1.165) is 12.0 Å². The van der Waals surface area contributed by atoms with Crippen molar-refractivity contribution >= 4 is 0 Å². The highest BCUT2D eigenvalue weighted by atomic mass is 15.2. The van der Waals surface area contributed by atoms with Crippen molar-refractivity contribution in [2.75, 3.05) is 26.2 Å². The minimum absolute atomic E-state index is 0.825. The normalized spacial score (nSPS) is 25.3. The van der Waals surface area contributed by atoms with E-state index in [1.807, 2.05) is 0 Å². The fourth-order valence-electron chi connectivity index (χ4n) is 3.03. The Labute approximate surface area is 101 Å². The molecule has 0 spiro atoms. The molecule has 0 atom stereocenters. The first-order valence-electron chi connectivity index (χ1n) is 7.34. The Kier molecular flexibility index (Phi) is 5.11. The Balaban J connectivity index is 1.51. The highest BCUT2D eigenvalue weighted by Gasteiger charge is 2.24.